The molecule has 0 radical (unpaired) electrons. The SMILES string of the molecule is CCC(C)c1ccc(OCCCCn2c(CCCCCNC(=O)c3ccc(C)cc3)nc3ccccc32)cc1. The fraction of sp³-hybridized carbons (Fsp3) is 0.412. The van der Waals surface area contributed by atoms with E-state index in [0.717, 1.165) is 86.3 Å². The molecule has 5 heteroatoms. The highest BCUT2D eigenvalue weighted by molar-refractivity contribution is 5.94. The molecule has 1 N–H and O–H groups in total. The molecule has 1 atom stereocenters. The number of hydrogen-bond donors (Lipinski definition) is 1. The molecule has 0 saturated heterocycles. The molecule has 3 aromatic carbocycles. The number of nitrogens with one attached hydrogen (secondary N) is 1. The Morgan fingerprint density at radius 1 is 0.923 bits per heavy atom. The third-order valence-electron chi connectivity index (χ3n) is 7.52. The smallest absolute Gasteiger partial charge is 0.251 e. The highest BCUT2D eigenvalue weighted by Gasteiger charge is 2.11. The molecule has 1 heterocycles. The molecule has 0 bridgehead atoms. The van der Waals surface area contributed by atoms with E-state index >= 15 is 0 Å². The second-order valence-corrected chi connectivity index (χ2v) is 10.5. The van der Waals surface area contributed by atoms with Crippen LogP contribution in [-0.4, -0.2) is 28.6 Å². The number of unbranched alkanes of at least 4 members (excludes halogenated alkanes) is 3. The summed E-state index contributed by atoms with van der Waals surface area (Å²) in [6.45, 7) is 8.87. The lowest BCUT2D eigenvalue weighted by Gasteiger charge is -2.12. The summed E-state index contributed by atoms with van der Waals surface area (Å²) in [7, 11) is 0. The van der Waals surface area contributed by atoms with Crippen LogP contribution in [0.25, 0.3) is 11.0 Å². The summed E-state index contributed by atoms with van der Waals surface area (Å²) in [6, 6.07) is 24.7. The van der Waals surface area contributed by atoms with Crippen LogP contribution >= 0.6 is 0 Å². The topological polar surface area (TPSA) is 56.1 Å². The normalized spacial score (nSPS) is 12.0. The van der Waals surface area contributed by atoms with E-state index in [0.29, 0.717) is 12.5 Å². The van der Waals surface area contributed by atoms with E-state index < -0.39 is 0 Å². The first-order valence-corrected chi connectivity index (χ1v) is 14.6. The lowest BCUT2D eigenvalue weighted by atomic mass is 9.99. The molecule has 1 aromatic heterocycles. The average molecular weight is 526 g/mol. The van der Waals surface area contributed by atoms with E-state index in [1.54, 1.807) is 0 Å². The first-order valence-electron chi connectivity index (χ1n) is 14.6. The van der Waals surface area contributed by atoms with E-state index in [1.165, 1.54) is 11.1 Å². The van der Waals surface area contributed by atoms with Gasteiger partial charge in [-0.15, -0.1) is 0 Å². The van der Waals surface area contributed by atoms with Gasteiger partial charge < -0.3 is 14.6 Å². The van der Waals surface area contributed by atoms with Gasteiger partial charge in [-0.1, -0.05) is 62.2 Å². The van der Waals surface area contributed by atoms with Crippen LogP contribution < -0.4 is 10.1 Å². The van der Waals surface area contributed by atoms with Crippen molar-refractivity contribution in [3.8, 4) is 5.75 Å². The molecule has 0 aliphatic heterocycles. The maximum Gasteiger partial charge on any atom is 0.251 e. The Hall–Kier alpha value is -3.60. The standard InChI is InChI=1S/C34H43N3O2/c1-4-27(3)28-19-21-30(22-20-28)39-25-11-10-24-37-32-13-8-7-12-31(32)36-33(37)14-6-5-9-23-35-34(38)29-17-15-26(2)16-18-29/h7-8,12-13,15-22,27H,4-6,9-11,14,23-25H2,1-3H3,(H,35,38). The molecule has 0 saturated carbocycles. The van der Waals surface area contributed by atoms with E-state index in [1.807, 2.05) is 31.2 Å². The molecular weight excluding hydrogens is 482 g/mol. The summed E-state index contributed by atoms with van der Waals surface area (Å²) < 4.78 is 8.39. The highest BCUT2D eigenvalue weighted by atomic mass is 16.5. The van der Waals surface area contributed by atoms with E-state index in [-0.39, 0.29) is 5.91 Å². The van der Waals surface area contributed by atoms with Crippen molar-refractivity contribution < 1.29 is 9.53 Å². The minimum Gasteiger partial charge on any atom is -0.494 e. The number of benzene rings is 3. The quantitative estimate of drug-likeness (QED) is 0.161. The van der Waals surface area contributed by atoms with Crippen molar-refractivity contribution in [1.29, 1.82) is 0 Å². The summed E-state index contributed by atoms with van der Waals surface area (Å²) in [5, 5.41) is 3.04. The Bertz CT molecular complexity index is 1310. The minimum atomic E-state index is 0.00359. The number of imidazole rings is 1. The molecule has 0 aliphatic carbocycles. The first kappa shape index (κ1) is 28.4. The number of nitrogens with zero attached hydrogens (tertiary/aromatic N) is 2. The van der Waals surface area contributed by atoms with Crippen molar-refractivity contribution in [1.82, 2.24) is 14.9 Å². The second-order valence-electron chi connectivity index (χ2n) is 10.5. The van der Waals surface area contributed by atoms with E-state index in [2.05, 4.69) is 72.3 Å². The van der Waals surface area contributed by atoms with Gasteiger partial charge in [0.2, 0.25) is 0 Å². The highest BCUT2D eigenvalue weighted by Crippen LogP contribution is 2.22. The summed E-state index contributed by atoms with van der Waals surface area (Å²) in [4.78, 5) is 17.2. The fourth-order valence-corrected chi connectivity index (χ4v) is 4.85. The van der Waals surface area contributed by atoms with Gasteiger partial charge in [0.15, 0.2) is 0 Å². The number of aryl methyl sites for hydroxylation is 3. The minimum absolute atomic E-state index is 0.00359. The zero-order chi connectivity index (χ0) is 27.5. The molecular formula is C34H43N3O2. The Labute approximate surface area is 233 Å². The van der Waals surface area contributed by atoms with Crippen LogP contribution in [0.2, 0.25) is 0 Å². The number of carbonyl (C=O) groups excluding carboxylic acids is 1. The number of rotatable bonds is 15. The van der Waals surface area contributed by atoms with Crippen molar-refractivity contribution in [2.45, 2.75) is 78.2 Å². The molecule has 4 aromatic rings. The molecule has 206 valence electrons. The molecule has 0 aliphatic rings. The van der Waals surface area contributed by atoms with Crippen LogP contribution in [0.15, 0.2) is 72.8 Å². The van der Waals surface area contributed by atoms with Crippen LogP contribution in [0.5, 0.6) is 5.75 Å². The number of amides is 1. The lowest BCUT2D eigenvalue weighted by molar-refractivity contribution is 0.0953. The summed E-state index contributed by atoms with van der Waals surface area (Å²) >= 11 is 0. The third kappa shape index (κ3) is 8.19. The van der Waals surface area contributed by atoms with E-state index in [4.69, 9.17) is 9.72 Å². The summed E-state index contributed by atoms with van der Waals surface area (Å²) in [5.41, 5.74) is 5.53. The number of ether oxygens (including phenoxy) is 1. The van der Waals surface area contributed by atoms with Crippen LogP contribution in [-0.2, 0) is 13.0 Å². The van der Waals surface area contributed by atoms with Gasteiger partial charge in [0.1, 0.15) is 11.6 Å². The number of carbonyl (C=O) groups is 1. The lowest BCUT2D eigenvalue weighted by Crippen LogP contribution is -2.24. The Morgan fingerprint density at radius 3 is 2.46 bits per heavy atom. The summed E-state index contributed by atoms with van der Waals surface area (Å²) in [5.74, 6) is 2.69. The first-order chi connectivity index (χ1) is 19.0. The molecule has 0 fully saturated rings. The van der Waals surface area contributed by atoms with Crippen LogP contribution in [0, 0.1) is 6.92 Å². The van der Waals surface area contributed by atoms with Crippen molar-refractivity contribution in [2.24, 2.45) is 0 Å². The van der Waals surface area contributed by atoms with Crippen LogP contribution in [0.4, 0.5) is 0 Å². The van der Waals surface area contributed by atoms with Gasteiger partial charge in [0.25, 0.3) is 5.91 Å². The molecule has 4 rings (SSSR count). The maximum absolute atomic E-state index is 12.3. The number of fused-ring (bicyclic) bond motifs is 1. The predicted molar refractivity (Wildman–Crippen MR) is 161 cm³/mol. The van der Waals surface area contributed by atoms with Crippen molar-refractivity contribution in [3.05, 3.63) is 95.3 Å². The van der Waals surface area contributed by atoms with Gasteiger partial charge in [-0.25, -0.2) is 4.98 Å². The largest absolute Gasteiger partial charge is 0.494 e. The van der Waals surface area contributed by atoms with Crippen LogP contribution in [0.1, 0.15) is 85.6 Å². The van der Waals surface area contributed by atoms with Gasteiger partial charge in [0.05, 0.1) is 17.6 Å². The Kier molecular flexibility index (Phi) is 10.6. The van der Waals surface area contributed by atoms with Gasteiger partial charge in [-0.3, -0.25) is 4.79 Å². The zero-order valence-electron chi connectivity index (χ0n) is 23.8. The number of para-hydroxylation sites is 2. The Balaban J connectivity index is 1.20. The van der Waals surface area contributed by atoms with Crippen molar-refractivity contribution in [2.75, 3.05) is 13.2 Å². The van der Waals surface area contributed by atoms with Gasteiger partial charge in [-0.05, 0) is 86.9 Å². The molecule has 0 spiro atoms. The number of aromatic nitrogens is 2. The Morgan fingerprint density at radius 2 is 1.69 bits per heavy atom. The third-order valence-corrected chi connectivity index (χ3v) is 7.52. The van der Waals surface area contributed by atoms with Gasteiger partial charge >= 0.3 is 0 Å². The fourth-order valence-electron chi connectivity index (χ4n) is 4.85. The summed E-state index contributed by atoms with van der Waals surface area (Å²) in [6.07, 6.45) is 7.22. The van der Waals surface area contributed by atoms with Crippen molar-refractivity contribution >= 4 is 16.9 Å². The van der Waals surface area contributed by atoms with Crippen molar-refractivity contribution in [3.63, 3.8) is 0 Å². The predicted octanol–water partition coefficient (Wildman–Crippen LogP) is 7.86. The van der Waals surface area contributed by atoms with Gasteiger partial charge in [-0.2, -0.15) is 0 Å². The zero-order valence-corrected chi connectivity index (χ0v) is 23.8. The monoisotopic (exact) mass is 525 g/mol. The molecule has 1 amide bonds. The van der Waals surface area contributed by atoms with Crippen LogP contribution in [0.3, 0.4) is 0 Å². The molecule has 39 heavy (non-hydrogen) atoms. The van der Waals surface area contributed by atoms with Gasteiger partial charge in [0, 0.05) is 25.1 Å². The number of hydrogen-bond acceptors (Lipinski definition) is 3. The molecule has 1 unspecified atom stereocenters. The maximum atomic E-state index is 12.3. The van der Waals surface area contributed by atoms with E-state index in [9.17, 15) is 4.79 Å². The average Bonchev–Trinajstić information content (AvgIpc) is 3.32. The molecule has 5 nitrogen and oxygen atoms in total. The second kappa shape index (κ2) is 14.5.